The van der Waals surface area contributed by atoms with Crippen LogP contribution in [0.4, 0.5) is 5.69 Å². The van der Waals surface area contributed by atoms with E-state index < -0.39 is 0 Å². The predicted molar refractivity (Wildman–Crippen MR) is 154 cm³/mol. The van der Waals surface area contributed by atoms with Gasteiger partial charge in [0.05, 0.1) is 40.7 Å². The van der Waals surface area contributed by atoms with Crippen LogP contribution in [0.25, 0.3) is 0 Å². The summed E-state index contributed by atoms with van der Waals surface area (Å²) < 4.78 is 21.8. The van der Waals surface area contributed by atoms with Crippen LogP contribution in [-0.4, -0.2) is 40.3 Å². The van der Waals surface area contributed by atoms with E-state index in [-0.39, 0.29) is 18.4 Å². The molecule has 0 bridgehead atoms. The molecular formula is C32H32N2O6. The Morgan fingerprint density at radius 2 is 1.27 bits per heavy atom. The van der Waals surface area contributed by atoms with Crippen molar-refractivity contribution in [3.63, 3.8) is 0 Å². The van der Waals surface area contributed by atoms with Crippen LogP contribution in [0.2, 0.25) is 0 Å². The summed E-state index contributed by atoms with van der Waals surface area (Å²) in [5, 5.41) is 2.91. The number of ether oxygens (including phenoxy) is 4. The van der Waals surface area contributed by atoms with Gasteiger partial charge in [-0.1, -0.05) is 42.5 Å². The van der Waals surface area contributed by atoms with E-state index in [1.54, 1.807) is 48.4 Å². The number of hydrogen-bond donors (Lipinski definition) is 1. The quantitative estimate of drug-likeness (QED) is 0.271. The molecule has 0 aliphatic rings. The Morgan fingerprint density at radius 1 is 0.675 bits per heavy atom. The number of hydrogen-bond acceptors (Lipinski definition) is 6. The summed E-state index contributed by atoms with van der Waals surface area (Å²) in [6.45, 7) is 0.678. The van der Waals surface area contributed by atoms with Crippen molar-refractivity contribution in [1.29, 1.82) is 0 Å². The zero-order valence-corrected chi connectivity index (χ0v) is 23.0. The maximum absolute atomic E-state index is 13.9. The van der Waals surface area contributed by atoms with E-state index in [9.17, 15) is 9.59 Å². The highest BCUT2D eigenvalue weighted by atomic mass is 16.5. The van der Waals surface area contributed by atoms with E-state index in [4.69, 9.17) is 18.9 Å². The van der Waals surface area contributed by atoms with Crippen molar-refractivity contribution < 1.29 is 28.5 Å². The van der Waals surface area contributed by atoms with Crippen molar-refractivity contribution in [3.8, 4) is 23.0 Å². The van der Waals surface area contributed by atoms with Crippen LogP contribution in [0, 0.1) is 0 Å². The second-order valence-electron chi connectivity index (χ2n) is 8.87. The number of methoxy groups -OCH3 is 4. The average Bonchev–Trinajstić information content (AvgIpc) is 3.02. The highest BCUT2D eigenvalue weighted by Crippen LogP contribution is 2.41. The second-order valence-corrected chi connectivity index (χ2v) is 8.87. The number of nitrogens with one attached hydrogen (secondary N) is 1. The van der Waals surface area contributed by atoms with Gasteiger partial charge in [-0.2, -0.15) is 0 Å². The fraction of sp³-hybridized carbons (Fsp3) is 0.188. The van der Waals surface area contributed by atoms with E-state index in [1.807, 2.05) is 54.6 Å². The molecule has 0 aliphatic heterocycles. The smallest absolute Gasteiger partial charge is 0.258 e. The summed E-state index contributed by atoms with van der Waals surface area (Å²) in [5.41, 5.74) is 3.32. The van der Waals surface area contributed by atoms with E-state index >= 15 is 0 Å². The molecule has 0 atom stereocenters. The first kappa shape index (κ1) is 28.0. The molecule has 4 aromatic carbocycles. The standard InChI is InChI=1S/C32H32N2O6/c1-37-27-16-10-23(11-17-27)21-34(26-18-28(38-2)30(40-4)29(19-26)39-3)32(36)25-14-12-24(13-15-25)31(35)33-20-22-8-6-5-7-9-22/h5-19H,20-21H2,1-4H3,(H,33,35). The van der Waals surface area contributed by atoms with E-state index in [2.05, 4.69) is 5.32 Å². The Balaban J connectivity index is 1.62. The molecule has 0 aliphatic carbocycles. The lowest BCUT2D eigenvalue weighted by Gasteiger charge is -2.25. The number of benzene rings is 4. The molecule has 4 rings (SSSR count). The van der Waals surface area contributed by atoms with E-state index in [1.165, 1.54) is 21.3 Å². The monoisotopic (exact) mass is 540 g/mol. The molecule has 1 N–H and O–H groups in total. The molecule has 0 aromatic heterocycles. The molecule has 8 nitrogen and oxygen atoms in total. The van der Waals surface area contributed by atoms with Crippen LogP contribution in [0.5, 0.6) is 23.0 Å². The maximum atomic E-state index is 13.9. The van der Waals surface area contributed by atoms with Crippen molar-refractivity contribution in [2.24, 2.45) is 0 Å². The average molecular weight is 541 g/mol. The van der Waals surface area contributed by atoms with Gasteiger partial charge in [-0.3, -0.25) is 9.59 Å². The molecule has 0 saturated carbocycles. The number of nitrogens with zero attached hydrogens (tertiary/aromatic N) is 1. The van der Waals surface area contributed by atoms with Gasteiger partial charge in [0, 0.05) is 29.8 Å². The van der Waals surface area contributed by atoms with Crippen molar-refractivity contribution in [2.75, 3.05) is 33.3 Å². The first-order valence-corrected chi connectivity index (χ1v) is 12.6. The zero-order valence-electron chi connectivity index (χ0n) is 23.0. The second kappa shape index (κ2) is 13.2. The minimum absolute atomic E-state index is 0.220. The number of amides is 2. The molecule has 0 heterocycles. The molecule has 8 heteroatoms. The first-order chi connectivity index (χ1) is 19.5. The van der Waals surface area contributed by atoms with Crippen LogP contribution >= 0.6 is 0 Å². The van der Waals surface area contributed by atoms with E-state index in [0.29, 0.717) is 40.6 Å². The molecular weight excluding hydrogens is 508 g/mol. The molecule has 0 radical (unpaired) electrons. The molecule has 206 valence electrons. The third-order valence-electron chi connectivity index (χ3n) is 6.40. The Morgan fingerprint density at radius 3 is 1.82 bits per heavy atom. The first-order valence-electron chi connectivity index (χ1n) is 12.6. The summed E-state index contributed by atoms with van der Waals surface area (Å²) in [6.07, 6.45) is 0. The molecule has 4 aromatic rings. The zero-order chi connectivity index (χ0) is 28.5. The predicted octanol–water partition coefficient (Wildman–Crippen LogP) is 5.50. The summed E-state index contributed by atoms with van der Waals surface area (Å²) in [6, 6.07) is 27.2. The minimum Gasteiger partial charge on any atom is -0.497 e. The lowest BCUT2D eigenvalue weighted by atomic mass is 10.1. The van der Waals surface area contributed by atoms with Crippen LogP contribution in [-0.2, 0) is 13.1 Å². The maximum Gasteiger partial charge on any atom is 0.258 e. The number of anilines is 1. The van der Waals surface area contributed by atoms with Gasteiger partial charge in [-0.05, 0) is 47.5 Å². The summed E-state index contributed by atoms with van der Waals surface area (Å²) in [5.74, 6) is 1.51. The lowest BCUT2D eigenvalue weighted by Crippen LogP contribution is -2.30. The highest BCUT2D eigenvalue weighted by Gasteiger charge is 2.23. The van der Waals surface area contributed by atoms with Crippen LogP contribution in [0.3, 0.4) is 0 Å². The number of rotatable bonds is 11. The van der Waals surface area contributed by atoms with Crippen molar-refractivity contribution >= 4 is 17.5 Å². The molecule has 0 fully saturated rings. The van der Waals surface area contributed by atoms with Gasteiger partial charge in [-0.15, -0.1) is 0 Å². The van der Waals surface area contributed by atoms with Gasteiger partial charge in [0.2, 0.25) is 5.75 Å². The van der Waals surface area contributed by atoms with Crippen molar-refractivity contribution in [3.05, 3.63) is 113 Å². The lowest BCUT2D eigenvalue weighted by molar-refractivity contribution is 0.0947. The van der Waals surface area contributed by atoms with Gasteiger partial charge in [0.1, 0.15) is 5.75 Å². The topological polar surface area (TPSA) is 86.3 Å². The van der Waals surface area contributed by atoms with Gasteiger partial charge in [0.15, 0.2) is 11.5 Å². The Bertz CT molecular complexity index is 1410. The molecule has 0 saturated heterocycles. The fourth-order valence-corrected chi connectivity index (χ4v) is 4.22. The third-order valence-corrected chi connectivity index (χ3v) is 6.40. The van der Waals surface area contributed by atoms with Crippen molar-refractivity contribution in [1.82, 2.24) is 5.32 Å². The van der Waals surface area contributed by atoms with Gasteiger partial charge in [-0.25, -0.2) is 0 Å². The molecule has 2 amide bonds. The van der Waals surface area contributed by atoms with Gasteiger partial charge in [0.25, 0.3) is 11.8 Å². The van der Waals surface area contributed by atoms with E-state index in [0.717, 1.165) is 16.9 Å². The largest absolute Gasteiger partial charge is 0.497 e. The van der Waals surface area contributed by atoms with Gasteiger partial charge < -0.3 is 29.2 Å². The SMILES string of the molecule is COc1ccc(CN(C(=O)c2ccc(C(=O)NCc3ccccc3)cc2)c2cc(OC)c(OC)c(OC)c2)cc1. The Kier molecular flexibility index (Phi) is 9.25. The molecule has 40 heavy (non-hydrogen) atoms. The highest BCUT2D eigenvalue weighted by molar-refractivity contribution is 6.07. The Hall–Kier alpha value is -4.98. The van der Waals surface area contributed by atoms with Crippen LogP contribution < -0.4 is 29.2 Å². The molecule has 0 spiro atoms. The summed E-state index contributed by atoms with van der Waals surface area (Å²) in [7, 11) is 6.18. The van der Waals surface area contributed by atoms with Crippen molar-refractivity contribution in [2.45, 2.75) is 13.1 Å². The van der Waals surface area contributed by atoms with Crippen LogP contribution in [0.1, 0.15) is 31.8 Å². The van der Waals surface area contributed by atoms with Gasteiger partial charge >= 0.3 is 0 Å². The minimum atomic E-state index is -0.263. The third kappa shape index (κ3) is 6.53. The van der Waals surface area contributed by atoms with Crippen LogP contribution in [0.15, 0.2) is 91.0 Å². The molecule has 0 unspecified atom stereocenters. The summed E-state index contributed by atoms with van der Waals surface area (Å²) >= 11 is 0. The number of carbonyl (C=O) groups is 2. The summed E-state index contributed by atoms with van der Waals surface area (Å²) in [4.78, 5) is 28.2. The Labute approximate surface area is 234 Å². The fourth-order valence-electron chi connectivity index (χ4n) is 4.22. The number of carbonyl (C=O) groups excluding carboxylic acids is 2. The normalized spacial score (nSPS) is 10.4.